The fourth-order valence-electron chi connectivity index (χ4n) is 1.41. The second kappa shape index (κ2) is 5.56. The molecule has 0 fully saturated rings. The van der Waals surface area contributed by atoms with Crippen LogP contribution >= 0.6 is 0 Å². The Morgan fingerprint density at radius 1 is 1.50 bits per heavy atom. The fraction of sp³-hybridized carbons (Fsp3) is 0.364. The molecule has 18 heavy (non-hydrogen) atoms. The molecule has 0 spiro atoms. The molecule has 0 saturated carbocycles. The molecule has 1 atom stereocenters. The number of carbonyl (C=O) groups excluding carboxylic acids is 1. The summed E-state index contributed by atoms with van der Waals surface area (Å²) in [6.45, 7) is 1.10. The number of hydrogen-bond acceptors (Lipinski definition) is 6. The molecule has 0 amide bonds. The number of nitro benzene ring substituents is 1. The molecule has 1 aromatic carbocycles. The Bertz CT molecular complexity index is 445. The molecular weight excluding hydrogens is 240 g/mol. The second-order valence-corrected chi connectivity index (χ2v) is 3.65. The van der Waals surface area contributed by atoms with Gasteiger partial charge in [-0.3, -0.25) is 10.1 Å². The molecule has 0 bridgehead atoms. The van der Waals surface area contributed by atoms with E-state index in [4.69, 9.17) is 10.5 Å². The van der Waals surface area contributed by atoms with E-state index in [1.165, 1.54) is 24.3 Å². The predicted octanol–water partition coefficient (Wildman–Crippen LogP) is 0.304. The molecular formula is C11H14N2O5. The molecule has 3 N–H and O–H groups in total. The van der Waals surface area contributed by atoms with Crippen LogP contribution in [0, 0.1) is 10.1 Å². The SMILES string of the molecule is CCOC(=O)[C@@](N)(CO)c1ccc([N+](=O)[O-])cc1. The van der Waals surface area contributed by atoms with E-state index in [2.05, 4.69) is 0 Å². The average Bonchev–Trinajstić information content (AvgIpc) is 2.38. The Morgan fingerprint density at radius 3 is 2.44 bits per heavy atom. The number of benzene rings is 1. The standard InChI is InChI=1S/C11H14N2O5/c1-2-18-10(15)11(12,7-14)8-3-5-9(6-4-8)13(16)17/h3-6,14H,2,7,12H2,1H3/t11-/m1/s1. The number of esters is 1. The molecule has 98 valence electrons. The van der Waals surface area contributed by atoms with Crippen molar-refractivity contribution in [1.82, 2.24) is 0 Å². The Morgan fingerprint density at radius 2 is 2.06 bits per heavy atom. The Balaban J connectivity index is 3.08. The van der Waals surface area contributed by atoms with Crippen LogP contribution in [-0.4, -0.2) is 29.2 Å². The molecule has 0 aromatic heterocycles. The van der Waals surface area contributed by atoms with Crippen LogP contribution in [0.1, 0.15) is 12.5 Å². The number of aliphatic hydroxyl groups is 1. The van der Waals surface area contributed by atoms with E-state index in [-0.39, 0.29) is 17.9 Å². The van der Waals surface area contributed by atoms with Crippen molar-refractivity contribution in [3.63, 3.8) is 0 Å². The van der Waals surface area contributed by atoms with Gasteiger partial charge in [0.25, 0.3) is 5.69 Å². The first kappa shape index (κ1) is 14.1. The Kier molecular flexibility index (Phi) is 4.35. The summed E-state index contributed by atoms with van der Waals surface area (Å²) >= 11 is 0. The Hall–Kier alpha value is -1.99. The summed E-state index contributed by atoms with van der Waals surface area (Å²) in [5.41, 5.74) is 4.21. The minimum absolute atomic E-state index is 0.122. The van der Waals surface area contributed by atoms with E-state index in [0.29, 0.717) is 0 Å². The van der Waals surface area contributed by atoms with Crippen LogP contribution < -0.4 is 5.73 Å². The van der Waals surface area contributed by atoms with Crippen LogP contribution in [0.3, 0.4) is 0 Å². The molecule has 7 nitrogen and oxygen atoms in total. The maximum atomic E-state index is 11.7. The van der Waals surface area contributed by atoms with E-state index in [1.807, 2.05) is 0 Å². The van der Waals surface area contributed by atoms with Gasteiger partial charge in [-0.15, -0.1) is 0 Å². The molecule has 0 saturated heterocycles. The van der Waals surface area contributed by atoms with Gasteiger partial charge in [0, 0.05) is 12.1 Å². The summed E-state index contributed by atoms with van der Waals surface area (Å²) in [7, 11) is 0. The average molecular weight is 254 g/mol. The molecule has 1 rings (SSSR count). The largest absolute Gasteiger partial charge is 0.464 e. The van der Waals surface area contributed by atoms with Crippen molar-refractivity contribution in [1.29, 1.82) is 0 Å². The minimum Gasteiger partial charge on any atom is -0.464 e. The van der Waals surface area contributed by atoms with E-state index in [0.717, 1.165) is 0 Å². The van der Waals surface area contributed by atoms with Gasteiger partial charge < -0.3 is 15.6 Å². The van der Waals surface area contributed by atoms with Crippen molar-refractivity contribution >= 4 is 11.7 Å². The number of aliphatic hydroxyl groups excluding tert-OH is 1. The number of hydrogen-bond donors (Lipinski definition) is 2. The topological polar surface area (TPSA) is 116 Å². The van der Waals surface area contributed by atoms with Gasteiger partial charge in [0.1, 0.15) is 0 Å². The van der Waals surface area contributed by atoms with Crippen LogP contribution in [0.5, 0.6) is 0 Å². The molecule has 1 aromatic rings. The van der Waals surface area contributed by atoms with E-state index in [9.17, 15) is 20.0 Å². The first-order valence-corrected chi connectivity index (χ1v) is 5.27. The summed E-state index contributed by atoms with van der Waals surface area (Å²) < 4.78 is 4.77. The first-order chi connectivity index (χ1) is 8.45. The molecule has 0 unspecified atom stereocenters. The normalized spacial score (nSPS) is 13.7. The smallest absolute Gasteiger partial charge is 0.333 e. The lowest BCUT2D eigenvalue weighted by Crippen LogP contribution is -2.49. The molecule has 0 aliphatic rings. The van der Waals surface area contributed by atoms with Crippen LogP contribution in [0.15, 0.2) is 24.3 Å². The van der Waals surface area contributed by atoms with Crippen LogP contribution in [0.2, 0.25) is 0 Å². The summed E-state index contributed by atoms with van der Waals surface area (Å²) in [6.07, 6.45) is 0. The highest BCUT2D eigenvalue weighted by atomic mass is 16.6. The highest BCUT2D eigenvalue weighted by Crippen LogP contribution is 2.22. The van der Waals surface area contributed by atoms with Crippen molar-refractivity contribution in [2.45, 2.75) is 12.5 Å². The lowest BCUT2D eigenvalue weighted by molar-refractivity contribution is -0.384. The number of nitrogens with zero attached hydrogens (tertiary/aromatic N) is 1. The quantitative estimate of drug-likeness (QED) is 0.443. The molecule has 0 heterocycles. The van der Waals surface area contributed by atoms with Gasteiger partial charge in [-0.1, -0.05) is 0 Å². The summed E-state index contributed by atoms with van der Waals surface area (Å²) in [4.78, 5) is 21.6. The van der Waals surface area contributed by atoms with Crippen molar-refractivity contribution in [3.05, 3.63) is 39.9 Å². The van der Waals surface area contributed by atoms with Gasteiger partial charge in [-0.2, -0.15) is 0 Å². The van der Waals surface area contributed by atoms with Gasteiger partial charge >= 0.3 is 5.97 Å². The number of rotatable bonds is 5. The van der Waals surface area contributed by atoms with Crippen LogP contribution in [0.4, 0.5) is 5.69 Å². The first-order valence-electron chi connectivity index (χ1n) is 5.27. The highest BCUT2D eigenvalue weighted by Gasteiger charge is 2.37. The zero-order chi connectivity index (χ0) is 13.8. The number of carbonyl (C=O) groups is 1. The molecule has 0 aliphatic heterocycles. The summed E-state index contributed by atoms with van der Waals surface area (Å²) in [6, 6.07) is 5.08. The van der Waals surface area contributed by atoms with Gasteiger partial charge in [0.05, 0.1) is 18.1 Å². The third-order valence-electron chi connectivity index (χ3n) is 2.48. The number of nitro groups is 1. The minimum atomic E-state index is -1.70. The third-order valence-corrected chi connectivity index (χ3v) is 2.48. The van der Waals surface area contributed by atoms with Gasteiger partial charge in [-0.25, -0.2) is 4.79 Å². The maximum absolute atomic E-state index is 11.7. The lowest BCUT2D eigenvalue weighted by atomic mass is 9.92. The zero-order valence-corrected chi connectivity index (χ0v) is 9.83. The lowest BCUT2D eigenvalue weighted by Gasteiger charge is -2.24. The van der Waals surface area contributed by atoms with Gasteiger partial charge in [0.15, 0.2) is 5.54 Å². The number of nitrogens with two attached hydrogens (primary N) is 1. The van der Waals surface area contributed by atoms with Crippen LogP contribution in [0.25, 0.3) is 0 Å². The van der Waals surface area contributed by atoms with Crippen molar-refractivity contribution in [2.75, 3.05) is 13.2 Å². The third kappa shape index (κ3) is 2.63. The summed E-state index contributed by atoms with van der Waals surface area (Å²) in [5.74, 6) is -0.777. The fourth-order valence-corrected chi connectivity index (χ4v) is 1.41. The summed E-state index contributed by atoms with van der Waals surface area (Å²) in [5, 5.41) is 19.8. The Labute approximate surface area is 103 Å². The molecule has 7 heteroatoms. The molecule has 0 aliphatic carbocycles. The van der Waals surface area contributed by atoms with Gasteiger partial charge in [0.2, 0.25) is 0 Å². The van der Waals surface area contributed by atoms with Gasteiger partial charge in [-0.05, 0) is 24.6 Å². The van der Waals surface area contributed by atoms with Crippen LogP contribution in [-0.2, 0) is 15.1 Å². The van der Waals surface area contributed by atoms with Crippen molar-refractivity contribution < 1.29 is 19.6 Å². The monoisotopic (exact) mass is 254 g/mol. The molecule has 0 radical (unpaired) electrons. The highest BCUT2D eigenvalue weighted by molar-refractivity contribution is 5.82. The second-order valence-electron chi connectivity index (χ2n) is 3.65. The van der Waals surface area contributed by atoms with E-state index >= 15 is 0 Å². The maximum Gasteiger partial charge on any atom is 0.333 e. The van der Waals surface area contributed by atoms with Crippen molar-refractivity contribution in [2.24, 2.45) is 5.73 Å². The zero-order valence-electron chi connectivity index (χ0n) is 9.83. The number of ether oxygens (including phenoxy) is 1. The predicted molar refractivity (Wildman–Crippen MR) is 62.7 cm³/mol. The van der Waals surface area contributed by atoms with E-state index in [1.54, 1.807) is 6.92 Å². The number of non-ortho nitro benzene ring substituents is 1. The van der Waals surface area contributed by atoms with E-state index < -0.39 is 23.0 Å². The van der Waals surface area contributed by atoms with Crippen molar-refractivity contribution in [3.8, 4) is 0 Å².